The van der Waals surface area contributed by atoms with Gasteiger partial charge >= 0.3 is 0 Å². The molecular formula is C10H18N4O2. The highest BCUT2D eigenvalue weighted by molar-refractivity contribution is 5.80. The first-order valence-electron chi connectivity index (χ1n) is 5.28. The minimum absolute atomic E-state index is 0.0669. The van der Waals surface area contributed by atoms with Gasteiger partial charge in [-0.2, -0.15) is 0 Å². The molecule has 2 N–H and O–H groups in total. The summed E-state index contributed by atoms with van der Waals surface area (Å²) in [5.41, 5.74) is 0. The van der Waals surface area contributed by atoms with Gasteiger partial charge in [0.1, 0.15) is 0 Å². The molecule has 1 amide bonds. The predicted octanol–water partition coefficient (Wildman–Crippen LogP) is 0.0775. The zero-order valence-corrected chi connectivity index (χ0v) is 9.69. The number of carbonyl (C=O) groups is 1. The van der Waals surface area contributed by atoms with Gasteiger partial charge in [0.05, 0.1) is 13.2 Å². The van der Waals surface area contributed by atoms with Crippen LogP contribution < -0.4 is 10.6 Å². The lowest BCUT2D eigenvalue weighted by molar-refractivity contribution is -0.119. The maximum atomic E-state index is 11.3. The van der Waals surface area contributed by atoms with Crippen LogP contribution in [0.2, 0.25) is 0 Å². The molecule has 0 fully saturated rings. The van der Waals surface area contributed by atoms with Crippen LogP contribution in [-0.2, 0) is 16.1 Å². The highest BCUT2D eigenvalue weighted by Gasteiger charge is 2.03. The van der Waals surface area contributed by atoms with E-state index in [4.69, 9.17) is 4.74 Å². The van der Waals surface area contributed by atoms with Crippen molar-refractivity contribution in [1.29, 1.82) is 0 Å². The molecule has 0 atom stereocenters. The van der Waals surface area contributed by atoms with Crippen molar-refractivity contribution in [2.24, 2.45) is 0 Å². The van der Waals surface area contributed by atoms with E-state index >= 15 is 0 Å². The molecule has 0 saturated heterocycles. The first kappa shape index (κ1) is 12.5. The van der Waals surface area contributed by atoms with E-state index in [1.165, 1.54) is 0 Å². The van der Waals surface area contributed by atoms with Crippen molar-refractivity contribution >= 4 is 11.9 Å². The lowest BCUT2D eigenvalue weighted by Gasteiger charge is -2.08. The average molecular weight is 226 g/mol. The summed E-state index contributed by atoms with van der Waals surface area (Å²) in [6.45, 7) is 4.12. The van der Waals surface area contributed by atoms with Crippen molar-refractivity contribution < 1.29 is 9.53 Å². The molecule has 0 aliphatic heterocycles. The van der Waals surface area contributed by atoms with E-state index in [9.17, 15) is 4.79 Å². The van der Waals surface area contributed by atoms with E-state index < -0.39 is 0 Å². The van der Waals surface area contributed by atoms with Gasteiger partial charge < -0.3 is 19.9 Å². The number of aryl methyl sites for hydroxylation is 1. The van der Waals surface area contributed by atoms with Crippen LogP contribution in [0.4, 0.5) is 5.95 Å². The van der Waals surface area contributed by atoms with E-state index in [0.29, 0.717) is 19.1 Å². The van der Waals surface area contributed by atoms with Gasteiger partial charge in [0.25, 0.3) is 0 Å². The zero-order valence-electron chi connectivity index (χ0n) is 9.69. The highest BCUT2D eigenvalue weighted by Crippen LogP contribution is 2.02. The molecule has 0 bridgehead atoms. The van der Waals surface area contributed by atoms with Gasteiger partial charge in [-0.25, -0.2) is 4.98 Å². The Labute approximate surface area is 95.0 Å². The van der Waals surface area contributed by atoms with Crippen LogP contribution >= 0.6 is 0 Å². The van der Waals surface area contributed by atoms with Gasteiger partial charge in [0.15, 0.2) is 0 Å². The molecule has 0 unspecified atom stereocenters. The summed E-state index contributed by atoms with van der Waals surface area (Å²) < 4.78 is 6.76. The number of aromatic nitrogens is 2. The van der Waals surface area contributed by atoms with Crippen molar-refractivity contribution in [2.75, 3.05) is 32.1 Å². The third-order valence-electron chi connectivity index (χ3n) is 2.09. The van der Waals surface area contributed by atoms with Crippen LogP contribution in [0.1, 0.15) is 6.92 Å². The quantitative estimate of drug-likeness (QED) is 0.646. The van der Waals surface area contributed by atoms with Gasteiger partial charge in [-0.1, -0.05) is 0 Å². The van der Waals surface area contributed by atoms with E-state index in [0.717, 1.165) is 6.54 Å². The number of nitrogens with one attached hydrogen (secondary N) is 2. The largest absolute Gasteiger partial charge is 0.383 e. The third-order valence-corrected chi connectivity index (χ3v) is 2.09. The minimum Gasteiger partial charge on any atom is -0.383 e. The summed E-state index contributed by atoms with van der Waals surface area (Å²) in [5, 5.41) is 5.69. The number of amides is 1. The maximum Gasteiger partial charge on any atom is 0.239 e. The molecule has 1 aromatic rings. The average Bonchev–Trinajstić information content (AvgIpc) is 2.74. The molecule has 90 valence electrons. The Bertz CT molecular complexity index is 324. The Morgan fingerprint density at radius 3 is 3.12 bits per heavy atom. The lowest BCUT2D eigenvalue weighted by Crippen LogP contribution is -2.32. The molecule has 1 rings (SSSR count). The van der Waals surface area contributed by atoms with Crippen LogP contribution in [0, 0.1) is 0 Å². The first-order valence-corrected chi connectivity index (χ1v) is 5.28. The third kappa shape index (κ3) is 3.90. The summed E-state index contributed by atoms with van der Waals surface area (Å²) in [7, 11) is 1.60. The monoisotopic (exact) mass is 226 g/mol. The molecule has 1 heterocycles. The van der Waals surface area contributed by atoms with E-state index in [2.05, 4.69) is 15.6 Å². The Morgan fingerprint density at radius 2 is 2.44 bits per heavy atom. The molecule has 16 heavy (non-hydrogen) atoms. The maximum absolute atomic E-state index is 11.3. The van der Waals surface area contributed by atoms with Gasteiger partial charge in [-0.15, -0.1) is 0 Å². The Kier molecular flexibility index (Phi) is 5.35. The Balaban J connectivity index is 2.26. The smallest absolute Gasteiger partial charge is 0.239 e. The molecule has 0 aromatic carbocycles. The minimum atomic E-state index is -0.0669. The molecule has 6 heteroatoms. The van der Waals surface area contributed by atoms with Crippen molar-refractivity contribution in [3.05, 3.63) is 12.4 Å². The number of hydrogen-bond donors (Lipinski definition) is 2. The first-order chi connectivity index (χ1) is 7.77. The fraction of sp³-hybridized carbons (Fsp3) is 0.600. The number of methoxy groups -OCH3 is 1. The van der Waals surface area contributed by atoms with Crippen LogP contribution in [-0.4, -0.2) is 42.3 Å². The van der Waals surface area contributed by atoms with E-state index in [1.54, 1.807) is 13.3 Å². The second-order valence-corrected chi connectivity index (χ2v) is 3.23. The number of rotatable bonds is 7. The van der Waals surface area contributed by atoms with Crippen molar-refractivity contribution in [3.8, 4) is 0 Å². The van der Waals surface area contributed by atoms with Gasteiger partial charge in [-0.05, 0) is 6.92 Å². The summed E-state index contributed by atoms with van der Waals surface area (Å²) in [4.78, 5) is 15.4. The van der Waals surface area contributed by atoms with Crippen LogP contribution in [0.15, 0.2) is 12.4 Å². The summed E-state index contributed by atoms with van der Waals surface area (Å²) in [6.07, 6.45) is 3.57. The molecule has 6 nitrogen and oxygen atoms in total. The molecule has 0 aliphatic rings. The van der Waals surface area contributed by atoms with E-state index in [1.807, 2.05) is 17.7 Å². The predicted molar refractivity (Wildman–Crippen MR) is 61.3 cm³/mol. The number of carbonyl (C=O) groups excluding carboxylic acids is 1. The van der Waals surface area contributed by atoms with Crippen LogP contribution in [0.3, 0.4) is 0 Å². The molecule has 0 aliphatic carbocycles. The summed E-state index contributed by atoms with van der Waals surface area (Å²) in [6, 6.07) is 0. The van der Waals surface area contributed by atoms with Gasteiger partial charge in [-0.3, -0.25) is 4.79 Å². The number of anilines is 1. The number of hydrogen-bond acceptors (Lipinski definition) is 4. The number of nitrogens with zero attached hydrogens (tertiary/aromatic N) is 2. The number of ether oxygens (including phenoxy) is 1. The van der Waals surface area contributed by atoms with Crippen LogP contribution in [0.5, 0.6) is 0 Å². The lowest BCUT2D eigenvalue weighted by atomic mass is 10.5. The molecular weight excluding hydrogens is 208 g/mol. The highest BCUT2D eigenvalue weighted by atomic mass is 16.5. The summed E-state index contributed by atoms with van der Waals surface area (Å²) in [5.74, 6) is 0.645. The standard InChI is InChI=1S/C10H18N4O2/c1-3-14-6-4-12-10(14)13-8-9(15)11-5-7-16-2/h4,6H,3,5,7-8H2,1-2H3,(H,11,15)(H,12,13). The van der Waals surface area contributed by atoms with Crippen molar-refractivity contribution in [2.45, 2.75) is 13.5 Å². The Hall–Kier alpha value is -1.56. The van der Waals surface area contributed by atoms with Gasteiger partial charge in [0.2, 0.25) is 11.9 Å². The molecule has 0 spiro atoms. The topological polar surface area (TPSA) is 68.2 Å². The molecule has 0 saturated carbocycles. The van der Waals surface area contributed by atoms with Gasteiger partial charge in [0, 0.05) is 32.6 Å². The SMILES string of the molecule is CCn1ccnc1NCC(=O)NCCOC. The fourth-order valence-corrected chi connectivity index (χ4v) is 1.25. The zero-order chi connectivity index (χ0) is 11.8. The Morgan fingerprint density at radius 1 is 1.62 bits per heavy atom. The molecule has 1 aromatic heterocycles. The van der Waals surface area contributed by atoms with E-state index in [-0.39, 0.29) is 12.5 Å². The fourth-order valence-electron chi connectivity index (χ4n) is 1.25. The number of imidazole rings is 1. The normalized spacial score (nSPS) is 10.1. The van der Waals surface area contributed by atoms with Crippen molar-refractivity contribution in [1.82, 2.24) is 14.9 Å². The molecule has 0 radical (unpaired) electrons. The second kappa shape index (κ2) is 6.84. The van der Waals surface area contributed by atoms with Crippen LogP contribution in [0.25, 0.3) is 0 Å². The summed E-state index contributed by atoms with van der Waals surface area (Å²) >= 11 is 0. The van der Waals surface area contributed by atoms with Crippen molar-refractivity contribution in [3.63, 3.8) is 0 Å². The second-order valence-electron chi connectivity index (χ2n) is 3.23.